The van der Waals surface area contributed by atoms with Crippen molar-refractivity contribution in [2.45, 2.75) is 34.6 Å². The average molecular weight is 472 g/mol. The zero-order valence-electron chi connectivity index (χ0n) is 21.0. The summed E-state index contributed by atoms with van der Waals surface area (Å²) in [6, 6.07) is 11.0. The molecule has 7 heteroatoms. The van der Waals surface area contributed by atoms with Crippen LogP contribution in [-0.4, -0.2) is 39.4 Å². The maximum Gasteiger partial charge on any atom is 0.167 e. The van der Waals surface area contributed by atoms with E-state index in [1.807, 2.05) is 45.9 Å². The maximum atomic E-state index is 10.9. The van der Waals surface area contributed by atoms with Crippen molar-refractivity contribution in [1.82, 2.24) is 15.0 Å². The number of nitrogens with zero attached hydrogens (tertiary/aromatic N) is 3. The number of hydrogen-bond acceptors (Lipinski definition) is 7. The van der Waals surface area contributed by atoms with Gasteiger partial charge in [-0.3, -0.25) is 0 Å². The zero-order chi connectivity index (χ0) is 25.4. The molecule has 0 aliphatic carbocycles. The van der Waals surface area contributed by atoms with Crippen LogP contribution in [0.3, 0.4) is 0 Å². The molecule has 2 N–H and O–H groups in total. The van der Waals surface area contributed by atoms with E-state index in [9.17, 15) is 10.2 Å². The molecule has 180 valence electrons. The number of rotatable bonds is 5. The van der Waals surface area contributed by atoms with Gasteiger partial charge in [-0.2, -0.15) is 0 Å². The molecule has 3 aromatic carbocycles. The number of benzene rings is 3. The lowest BCUT2D eigenvalue weighted by Gasteiger charge is -2.15. The number of ether oxygens (including phenoxy) is 2. The monoisotopic (exact) mass is 471 g/mol. The first-order valence-corrected chi connectivity index (χ1v) is 11.2. The van der Waals surface area contributed by atoms with Gasteiger partial charge in [-0.1, -0.05) is 6.07 Å². The van der Waals surface area contributed by atoms with Gasteiger partial charge in [0.05, 0.1) is 25.3 Å². The summed E-state index contributed by atoms with van der Waals surface area (Å²) in [5, 5.41) is 21.8. The van der Waals surface area contributed by atoms with Gasteiger partial charge in [-0.15, -0.1) is 0 Å². The first-order chi connectivity index (χ1) is 16.7. The Hall–Kier alpha value is -4.13. The Morgan fingerprint density at radius 1 is 0.514 bits per heavy atom. The molecule has 0 amide bonds. The normalized spacial score (nSPS) is 10.9. The third-order valence-corrected chi connectivity index (χ3v) is 6.62. The van der Waals surface area contributed by atoms with Crippen LogP contribution >= 0.6 is 0 Å². The molecule has 4 aromatic rings. The standard InChI is InChI=1S/C28H29N3O4/c1-14-8-9-20(24(32)15(14)2)27-29-26(19-10-12-22(34-6)17(4)16(19)3)30-28(31-27)21-11-13-23(35-7)18(5)25(21)33/h8-13,32-33H,1-7H3. The number of aryl methyl sites for hydroxylation is 1. The van der Waals surface area contributed by atoms with Crippen molar-refractivity contribution in [1.29, 1.82) is 0 Å². The van der Waals surface area contributed by atoms with Crippen molar-refractivity contribution in [3.63, 3.8) is 0 Å². The topological polar surface area (TPSA) is 97.6 Å². The van der Waals surface area contributed by atoms with Crippen LogP contribution in [0.1, 0.15) is 27.8 Å². The van der Waals surface area contributed by atoms with E-state index < -0.39 is 0 Å². The van der Waals surface area contributed by atoms with Crippen LogP contribution in [0.2, 0.25) is 0 Å². The minimum atomic E-state index is 0.0272. The smallest absolute Gasteiger partial charge is 0.167 e. The van der Waals surface area contributed by atoms with E-state index in [1.165, 1.54) is 0 Å². The zero-order valence-corrected chi connectivity index (χ0v) is 21.0. The van der Waals surface area contributed by atoms with Crippen molar-refractivity contribution in [2.75, 3.05) is 14.2 Å². The molecule has 35 heavy (non-hydrogen) atoms. The third-order valence-electron chi connectivity index (χ3n) is 6.62. The molecular formula is C28H29N3O4. The van der Waals surface area contributed by atoms with E-state index in [4.69, 9.17) is 19.4 Å². The number of methoxy groups -OCH3 is 2. The van der Waals surface area contributed by atoms with Crippen LogP contribution in [0.4, 0.5) is 0 Å². The van der Waals surface area contributed by atoms with Crippen molar-refractivity contribution in [3.8, 4) is 57.2 Å². The van der Waals surface area contributed by atoms with E-state index in [2.05, 4.69) is 4.98 Å². The molecule has 0 saturated carbocycles. The Balaban J connectivity index is 2.02. The van der Waals surface area contributed by atoms with Crippen LogP contribution in [0.15, 0.2) is 36.4 Å². The molecule has 4 rings (SSSR count). The molecule has 1 heterocycles. The highest BCUT2D eigenvalue weighted by atomic mass is 16.5. The van der Waals surface area contributed by atoms with Crippen LogP contribution < -0.4 is 9.47 Å². The van der Waals surface area contributed by atoms with Gasteiger partial charge in [0.2, 0.25) is 0 Å². The van der Waals surface area contributed by atoms with E-state index in [-0.39, 0.29) is 11.5 Å². The fraction of sp³-hybridized carbons (Fsp3) is 0.250. The highest BCUT2D eigenvalue weighted by molar-refractivity contribution is 5.75. The van der Waals surface area contributed by atoms with Crippen molar-refractivity contribution >= 4 is 0 Å². The largest absolute Gasteiger partial charge is 0.507 e. The maximum absolute atomic E-state index is 10.9. The predicted molar refractivity (Wildman–Crippen MR) is 136 cm³/mol. The Bertz CT molecular complexity index is 1370. The third kappa shape index (κ3) is 4.14. The van der Waals surface area contributed by atoms with E-state index in [0.717, 1.165) is 33.6 Å². The number of phenolic OH excluding ortho intramolecular Hbond substituents is 2. The average Bonchev–Trinajstić information content (AvgIpc) is 2.85. The second-order valence-electron chi connectivity index (χ2n) is 8.56. The van der Waals surface area contributed by atoms with Gasteiger partial charge in [-0.25, -0.2) is 15.0 Å². The van der Waals surface area contributed by atoms with Gasteiger partial charge < -0.3 is 19.7 Å². The van der Waals surface area contributed by atoms with E-state index in [0.29, 0.717) is 39.9 Å². The lowest BCUT2D eigenvalue weighted by Crippen LogP contribution is -2.03. The van der Waals surface area contributed by atoms with Gasteiger partial charge in [-0.05, 0) is 87.2 Å². The highest BCUT2D eigenvalue weighted by Gasteiger charge is 2.21. The molecule has 0 bridgehead atoms. The summed E-state index contributed by atoms with van der Waals surface area (Å²) in [5.41, 5.74) is 5.99. The molecule has 0 radical (unpaired) electrons. The van der Waals surface area contributed by atoms with Crippen LogP contribution in [0.25, 0.3) is 34.2 Å². The first-order valence-electron chi connectivity index (χ1n) is 11.2. The predicted octanol–water partition coefficient (Wildman–Crippen LogP) is 5.84. The SMILES string of the molecule is COc1ccc(-c2nc(-c3ccc(C)c(C)c3O)nc(-c3ccc(OC)c(C)c3O)n2)c(C)c1C. The second kappa shape index (κ2) is 9.25. The van der Waals surface area contributed by atoms with Gasteiger partial charge in [0.15, 0.2) is 17.5 Å². The number of aromatic hydroxyl groups is 2. The summed E-state index contributed by atoms with van der Waals surface area (Å²) in [4.78, 5) is 14.1. The van der Waals surface area contributed by atoms with E-state index >= 15 is 0 Å². The molecule has 0 atom stereocenters. The molecule has 7 nitrogen and oxygen atoms in total. The van der Waals surface area contributed by atoms with Crippen molar-refractivity contribution in [2.24, 2.45) is 0 Å². The summed E-state index contributed by atoms with van der Waals surface area (Å²) in [6.45, 7) is 9.53. The summed E-state index contributed by atoms with van der Waals surface area (Å²) in [5.74, 6) is 2.51. The lowest BCUT2D eigenvalue weighted by molar-refractivity contribution is 0.403. The molecule has 1 aromatic heterocycles. The molecular weight excluding hydrogens is 442 g/mol. The second-order valence-corrected chi connectivity index (χ2v) is 8.56. The lowest BCUT2D eigenvalue weighted by atomic mass is 10.0. The summed E-state index contributed by atoms with van der Waals surface area (Å²) in [7, 11) is 3.19. The van der Waals surface area contributed by atoms with Crippen LogP contribution in [0.5, 0.6) is 23.0 Å². The number of aromatic nitrogens is 3. The molecule has 0 aliphatic rings. The Labute approximate surface area is 205 Å². The van der Waals surface area contributed by atoms with Crippen LogP contribution in [0, 0.1) is 34.6 Å². The van der Waals surface area contributed by atoms with E-state index in [1.54, 1.807) is 39.3 Å². The minimum Gasteiger partial charge on any atom is -0.507 e. The minimum absolute atomic E-state index is 0.0272. The molecule has 0 aliphatic heterocycles. The Kier molecular flexibility index (Phi) is 6.35. The highest BCUT2D eigenvalue weighted by Crippen LogP contribution is 2.39. The quantitative estimate of drug-likeness (QED) is 0.377. The first kappa shape index (κ1) is 24.0. The van der Waals surface area contributed by atoms with Gasteiger partial charge >= 0.3 is 0 Å². The molecule has 0 fully saturated rings. The number of phenols is 2. The van der Waals surface area contributed by atoms with Crippen molar-refractivity contribution in [3.05, 3.63) is 64.2 Å². The van der Waals surface area contributed by atoms with Crippen molar-refractivity contribution < 1.29 is 19.7 Å². The van der Waals surface area contributed by atoms with Gasteiger partial charge in [0.25, 0.3) is 0 Å². The summed E-state index contributed by atoms with van der Waals surface area (Å²) in [6.07, 6.45) is 0. The summed E-state index contributed by atoms with van der Waals surface area (Å²) < 4.78 is 10.8. The Morgan fingerprint density at radius 3 is 1.49 bits per heavy atom. The molecule has 0 saturated heterocycles. The molecule has 0 spiro atoms. The fourth-order valence-electron chi connectivity index (χ4n) is 4.06. The molecule has 0 unspecified atom stereocenters. The number of hydrogen-bond donors (Lipinski definition) is 2. The van der Waals surface area contributed by atoms with Gasteiger partial charge in [0, 0.05) is 11.1 Å². The fourth-order valence-corrected chi connectivity index (χ4v) is 4.06. The van der Waals surface area contributed by atoms with Gasteiger partial charge in [0.1, 0.15) is 23.0 Å². The van der Waals surface area contributed by atoms with Crippen LogP contribution in [-0.2, 0) is 0 Å². The summed E-state index contributed by atoms with van der Waals surface area (Å²) >= 11 is 0. The Morgan fingerprint density at radius 2 is 0.943 bits per heavy atom.